The number of aryl methyl sites for hydroxylation is 2. The number of benzene rings is 3. The van der Waals surface area contributed by atoms with Crippen LogP contribution in [0.15, 0.2) is 72.9 Å². The molecule has 1 heteroatoms. The van der Waals surface area contributed by atoms with Crippen LogP contribution in [0.3, 0.4) is 0 Å². The molecule has 176 valence electrons. The first-order valence-electron chi connectivity index (χ1n) is 13.6. The van der Waals surface area contributed by atoms with E-state index in [1.807, 2.05) is 0 Å². The van der Waals surface area contributed by atoms with Crippen LogP contribution >= 0.6 is 0 Å². The predicted molar refractivity (Wildman–Crippen MR) is 145 cm³/mol. The topological polar surface area (TPSA) is 3.88 Å². The molecule has 0 N–H and O–H groups in total. The summed E-state index contributed by atoms with van der Waals surface area (Å²) in [5.41, 5.74) is 10.0. The highest BCUT2D eigenvalue weighted by molar-refractivity contribution is 5.95. The summed E-state index contributed by atoms with van der Waals surface area (Å²) in [6, 6.07) is 25.4. The van der Waals surface area contributed by atoms with Gasteiger partial charge in [-0.05, 0) is 121 Å². The van der Waals surface area contributed by atoms with Crippen molar-refractivity contribution in [2.75, 3.05) is 0 Å². The van der Waals surface area contributed by atoms with Crippen molar-refractivity contribution in [3.05, 3.63) is 89.6 Å². The lowest BCUT2D eigenvalue weighted by molar-refractivity contribution is -0.659. The Bertz CT molecular complexity index is 1410. The first kappa shape index (κ1) is 21.4. The van der Waals surface area contributed by atoms with E-state index in [9.17, 15) is 0 Å². The highest BCUT2D eigenvalue weighted by Gasteiger charge is 2.51. The molecule has 0 radical (unpaired) electrons. The largest absolute Gasteiger partial charge is 0.220 e. The highest BCUT2D eigenvalue weighted by Crippen LogP contribution is 2.60. The smallest absolute Gasteiger partial charge is 0.200 e. The normalized spacial score (nSPS) is 27.0. The van der Waals surface area contributed by atoms with Gasteiger partial charge in [0.05, 0.1) is 10.9 Å². The highest BCUT2D eigenvalue weighted by atomic mass is 14.9. The van der Waals surface area contributed by atoms with Gasteiger partial charge in [-0.2, -0.15) is 0 Å². The molecule has 4 aromatic rings. The van der Waals surface area contributed by atoms with Gasteiger partial charge in [0.15, 0.2) is 6.20 Å². The van der Waals surface area contributed by atoms with Crippen LogP contribution in [0.2, 0.25) is 0 Å². The van der Waals surface area contributed by atoms with Gasteiger partial charge in [-0.3, -0.25) is 0 Å². The molecule has 1 heterocycles. The Balaban J connectivity index is 1.38. The van der Waals surface area contributed by atoms with Crippen LogP contribution in [0.25, 0.3) is 33.2 Å². The van der Waals surface area contributed by atoms with Gasteiger partial charge in [0.1, 0.15) is 7.05 Å². The maximum atomic E-state index is 2.56. The Labute approximate surface area is 209 Å². The van der Waals surface area contributed by atoms with Crippen LogP contribution < -0.4 is 4.57 Å². The maximum Gasteiger partial charge on any atom is 0.220 e. The fourth-order valence-corrected chi connectivity index (χ4v) is 8.40. The lowest BCUT2D eigenvalue weighted by atomic mass is 9.48. The van der Waals surface area contributed by atoms with E-state index >= 15 is 0 Å². The Morgan fingerprint density at radius 2 is 1.43 bits per heavy atom. The van der Waals surface area contributed by atoms with E-state index < -0.39 is 0 Å². The molecule has 4 fully saturated rings. The molecule has 4 aliphatic rings. The monoisotopic (exact) mass is 458 g/mol. The molecule has 1 nitrogen and oxygen atoms in total. The van der Waals surface area contributed by atoms with Crippen LogP contribution in [0.1, 0.15) is 55.2 Å². The average molecular weight is 459 g/mol. The van der Waals surface area contributed by atoms with Crippen molar-refractivity contribution in [1.82, 2.24) is 0 Å². The van der Waals surface area contributed by atoms with Gasteiger partial charge in [0, 0.05) is 6.07 Å². The van der Waals surface area contributed by atoms with Crippen LogP contribution in [0.5, 0.6) is 0 Å². The van der Waals surface area contributed by atoms with Crippen LogP contribution in [-0.2, 0) is 12.5 Å². The molecule has 0 saturated heterocycles. The lowest BCUT2D eigenvalue weighted by Crippen LogP contribution is -2.48. The predicted octanol–water partition coefficient (Wildman–Crippen LogP) is 8.08. The summed E-state index contributed by atoms with van der Waals surface area (Å²) in [6.45, 7) is 4.53. The summed E-state index contributed by atoms with van der Waals surface area (Å²) in [5.74, 6) is 2.94. The molecule has 4 bridgehead atoms. The van der Waals surface area contributed by atoms with Gasteiger partial charge in [-0.25, -0.2) is 4.57 Å². The molecule has 8 rings (SSSR count). The minimum Gasteiger partial charge on any atom is -0.200 e. The quantitative estimate of drug-likeness (QED) is 0.273. The molecule has 0 aliphatic heterocycles. The molecule has 1 aromatic heterocycles. The molecule has 0 unspecified atom stereocenters. The first-order valence-corrected chi connectivity index (χ1v) is 13.6. The number of rotatable bonds is 3. The molecule has 0 amide bonds. The van der Waals surface area contributed by atoms with Crippen molar-refractivity contribution in [3.8, 4) is 22.4 Å². The number of hydrogen-bond acceptors (Lipinski definition) is 0. The van der Waals surface area contributed by atoms with E-state index in [0.29, 0.717) is 5.41 Å². The molecule has 35 heavy (non-hydrogen) atoms. The van der Waals surface area contributed by atoms with Crippen molar-refractivity contribution in [1.29, 1.82) is 0 Å². The molecular formula is C34H36N+. The number of aromatic nitrogens is 1. The molecular weight excluding hydrogens is 422 g/mol. The van der Waals surface area contributed by atoms with Crippen molar-refractivity contribution < 1.29 is 4.57 Å². The second-order valence-corrected chi connectivity index (χ2v) is 12.1. The summed E-state index contributed by atoms with van der Waals surface area (Å²) in [4.78, 5) is 0. The van der Waals surface area contributed by atoms with Gasteiger partial charge < -0.3 is 0 Å². The zero-order chi connectivity index (χ0) is 23.7. The van der Waals surface area contributed by atoms with E-state index in [2.05, 4.69) is 98.4 Å². The summed E-state index contributed by atoms with van der Waals surface area (Å²) < 4.78 is 2.32. The van der Waals surface area contributed by atoms with Gasteiger partial charge in [-0.15, -0.1) is 0 Å². The Hall–Kier alpha value is -2.93. The number of nitrogens with zero attached hydrogens (tertiary/aromatic N) is 1. The second-order valence-electron chi connectivity index (χ2n) is 12.1. The lowest BCUT2D eigenvalue weighted by Gasteiger charge is -2.57. The number of hydrogen-bond donors (Lipinski definition) is 0. The van der Waals surface area contributed by atoms with Crippen molar-refractivity contribution in [2.24, 2.45) is 24.8 Å². The van der Waals surface area contributed by atoms with Crippen molar-refractivity contribution >= 4 is 10.8 Å². The third kappa shape index (κ3) is 3.39. The maximum absolute atomic E-state index is 2.56. The fraction of sp³-hybridized carbons (Fsp3) is 0.382. The Morgan fingerprint density at radius 1 is 0.743 bits per heavy atom. The standard InChI is InChI=1S/C34H36N/c1-22-13-29(27-7-5-4-6-8-27)18-32(23(22)2)33-31-10-9-30(17-28(31)11-12-35(33)3)34-19-24-14-25(20-34)16-26(15-24)21-34/h4-13,17-18,24-26H,14-16,19-21H2,1-3H3/q+1. The third-order valence-electron chi connectivity index (χ3n) is 9.82. The molecule has 4 saturated carbocycles. The fourth-order valence-electron chi connectivity index (χ4n) is 8.40. The number of fused-ring (bicyclic) bond motifs is 1. The van der Waals surface area contributed by atoms with E-state index in [1.165, 1.54) is 82.8 Å². The van der Waals surface area contributed by atoms with E-state index in [4.69, 9.17) is 0 Å². The van der Waals surface area contributed by atoms with Crippen LogP contribution in [0, 0.1) is 31.6 Å². The first-order chi connectivity index (χ1) is 17.0. The molecule has 3 aromatic carbocycles. The van der Waals surface area contributed by atoms with Crippen molar-refractivity contribution in [3.63, 3.8) is 0 Å². The second kappa shape index (κ2) is 7.79. The van der Waals surface area contributed by atoms with Crippen LogP contribution in [-0.4, -0.2) is 0 Å². The van der Waals surface area contributed by atoms with E-state index in [-0.39, 0.29) is 0 Å². The van der Waals surface area contributed by atoms with E-state index in [1.54, 1.807) is 5.56 Å². The Kier molecular flexibility index (Phi) is 4.75. The summed E-state index contributed by atoms with van der Waals surface area (Å²) in [6.07, 6.45) is 11.1. The molecule has 4 aliphatic carbocycles. The van der Waals surface area contributed by atoms with Gasteiger partial charge in [0.2, 0.25) is 5.69 Å². The zero-order valence-corrected chi connectivity index (χ0v) is 21.4. The minimum absolute atomic E-state index is 0.445. The molecule has 0 atom stereocenters. The van der Waals surface area contributed by atoms with Crippen LogP contribution in [0.4, 0.5) is 0 Å². The summed E-state index contributed by atoms with van der Waals surface area (Å²) in [5, 5.41) is 2.77. The van der Waals surface area contributed by atoms with Gasteiger partial charge in [-0.1, -0.05) is 48.5 Å². The Morgan fingerprint density at radius 3 is 2.11 bits per heavy atom. The summed E-state index contributed by atoms with van der Waals surface area (Å²) >= 11 is 0. The zero-order valence-electron chi connectivity index (χ0n) is 21.4. The van der Waals surface area contributed by atoms with Gasteiger partial charge >= 0.3 is 0 Å². The van der Waals surface area contributed by atoms with E-state index in [0.717, 1.165) is 17.8 Å². The van der Waals surface area contributed by atoms with Crippen molar-refractivity contribution in [2.45, 2.75) is 57.8 Å². The minimum atomic E-state index is 0.445. The van der Waals surface area contributed by atoms with Gasteiger partial charge in [0.25, 0.3) is 0 Å². The average Bonchev–Trinajstić information content (AvgIpc) is 2.85. The SMILES string of the molecule is Cc1cc(-c2ccccc2)cc(-c2c3ccc(C45CC6CC(CC(C6)C4)C5)cc3cc[n+]2C)c1C. The summed E-state index contributed by atoms with van der Waals surface area (Å²) in [7, 11) is 2.20. The number of pyridine rings is 1. The third-order valence-corrected chi connectivity index (χ3v) is 9.82. The molecule has 0 spiro atoms.